The van der Waals surface area contributed by atoms with Crippen LogP contribution in [0.4, 0.5) is 0 Å². The molecule has 1 rings (SSSR count). The first kappa shape index (κ1) is 14.5. The van der Waals surface area contributed by atoms with Gasteiger partial charge in [0.2, 0.25) is 5.91 Å². The molecule has 1 amide bonds. The summed E-state index contributed by atoms with van der Waals surface area (Å²) in [6.07, 6.45) is 6.31. The number of primary amides is 1. The molecule has 3 N–H and O–H groups in total. The Labute approximate surface area is 104 Å². The second-order valence-electron chi connectivity index (χ2n) is 4.87. The molecule has 1 aliphatic rings. The topological polar surface area (TPSA) is 64.3 Å². The zero-order valence-electron chi connectivity index (χ0n) is 10.9. The lowest BCUT2D eigenvalue weighted by Crippen LogP contribution is -2.38. The maximum absolute atomic E-state index is 11.0. The van der Waals surface area contributed by atoms with Gasteiger partial charge in [-0.25, -0.2) is 0 Å². The molecule has 0 saturated heterocycles. The number of nitrogens with two attached hydrogens (primary N) is 1. The molecule has 4 heteroatoms. The molecular formula is C13H26N2O2. The van der Waals surface area contributed by atoms with E-state index in [1.54, 1.807) is 0 Å². The van der Waals surface area contributed by atoms with E-state index in [4.69, 9.17) is 10.5 Å². The Morgan fingerprint density at radius 3 is 2.59 bits per heavy atom. The van der Waals surface area contributed by atoms with Crippen molar-refractivity contribution in [2.24, 2.45) is 11.7 Å². The molecule has 4 nitrogen and oxygen atoms in total. The van der Waals surface area contributed by atoms with E-state index < -0.39 is 0 Å². The van der Waals surface area contributed by atoms with Crippen molar-refractivity contribution >= 4 is 5.91 Å². The van der Waals surface area contributed by atoms with Gasteiger partial charge in [-0.1, -0.05) is 13.3 Å². The number of hydrogen-bond donors (Lipinski definition) is 2. The second-order valence-corrected chi connectivity index (χ2v) is 4.87. The smallest absolute Gasteiger partial charge is 0.220 e. The van der Waals surface area contributed by atoms with Crippen molar-refractivity contribution in [3.8, 4) is 0 Å². The van der Waals surface area contributed by atoms with Crippen molar-refractivity contribution in [2.75, 3.05) is 19.8 Å². The van der Waals surface area contributed by atoms with Crippen LogP contribution in [0.25, 0.3) is 0 Å². The number of unbranched alkanes of at least 4 members (excludes halogenated alkanes) is 1. The summed E-state index contributed by atoms with van der Waals surface area (Å²) in [4.78, 5) is 11.0. The third kappa shape index (κ3) is 6.03. The molecule has 0 aromatic heterocycles. The van der Waals surface area contributed by atoms with Crippen molar-refractivity contribution in [2.45, 2.75) is 51.5 Å². The van der Waals surface area contributed by atoms with E-state index in [1.165, 1.54) is 6.42 Å². The van der Waals surface area contributed by atoms with Gasteiger partial charge in [0.1, 0.15) is 0 Å². The molecule has 0 aliphatic heterocycles. The van der Waals surface area contributed by atoms with Gasteiger partial charge in [-0.05, 0) is 32.1 Å². The van der Waals surface area contributed by atoms with E-state index >= 15 is 0 Å². The SMILES string of the molecule is CCCCOCCNC1CCC(C(N)=O)CC1. The number of ether oxygens (including phenoxy) is 1. The van der Waals surface area contributed by atoms with Crippen molar-refractivity contribution in [1.29, 1.82) is 0 Å². The van der Waals surface area contributed by atoms with Gasteiger partial charge in [-0.2, -0.15) is 0 Å². The van der Waals surface area contributed by atoms with Crippen LogP contribution < -0.4 is 11.1 Å². The molecule has 0 heterocycles. The van der Waals surface area contributed by atoms with Gasteiger partial charge in [0, 0.05) is 25.1 Å². The van der Waals surface area contributed by atoms with E-state index in [0.29, 0.717) is 6.04 Å². The van der Waals surface area contributed by atoms with Gasteiger partial charge in [-0.3, -0.25) is 4.79 Å². The highest BCUT2D eigenvalue weighted by atomic mass is 16.5. The lowest BCUT2D eigenvalue weighted by Gasteiger charge is -2.27. The molecular weight excluding hydrogens is 216 g/mol. The maximum atomic E-state index is 11.0. The zero-order chi connectivity index (χ0) is 12.5. The Kier molecular flexibility index (Phi) is 7.21. The molecule has 17 heavy (non-hydrogen) atoms. The molecule has 1 fully saturated rings. The number of hydrogen-bond acceptors (Lipinski definition) is 3. The van der Waals surface area contributed by atoms with E-state index in [9.17, 15) is 4.79 Å². The van der Waals surface area contributed by atoms with Crippen LogP contribution in [0.1, 0.15) is 45.4 Å². The van der Waals surface area contributed by atoms with Crippen molar-refractivity contribution < 1.29 is 9.53 Å². The minimum Gasteiger partial charge on any atom is -0.380 e. The van der Waals surface area contributed by atoms with E-state index in [2.05, 4.69) is 12.2 Å². The van der Waals surface area contributed by atoms with Gasteiger partial charge in [0.15, 0.2) is 0 Å². The normalized spacial score (nSPS) is 24.8. The number of carbonyl (C=O) groups is 1. The first-order chi connectivity index (χ1) is 8.24. The first-order valence-electron chi connectivity index (χ1n) is 6.84. The summed E-state index contributed by atoms with van der Waals surface area (Å²) in [5, 5.41) is 3.48. The lowest BCUT2D eigenvalue weighted by molar-refractivity contribution is -0.122. The summed E-state index contributed by atoms with van der Waals surface area (Å²) in [6, 6.07) is 0.542. The van der Waals surface area contributed by atoms with Crippen molar-refractivity contribution in [3.05, 3.63) is 0 Å². The van der Waals surface area contributed by atoms with Crippen LogP contribution in [0.2, 0.25) is 0 Å². The van der Waals surface area contributed by atoms with Crippen molar-refractivity contribution in [1.82, 2.24) is 5.32 Å². The monoisotopic (exact) mass is 242 g/mol. The average Bonchev–Trinajstić information content (AvgIpc) is 2.34. The van der Waals surface area contributed by atoms with E-state index in [1.807, 2.05) is 0 Å². The Balaban J connectivity index is 1.97. The molecule has 0 bridgehead atoms. The Bertz CT molecular complexity index is 213. The van der Waals surface area contributed by atoms with Crippen LogP contribution in [0, 0.1) is 5.92 Å². The molecule has 1 aliphatic carbocycles. The number of carbonyl (C=O) groups excluding carboxylic acids is 1. The fraction of sp³-hybridized carbons (Fsp3) is 0.923. The fourth-order valence-electron chi connectivity index (χ4n) is 2.27. The number of rotatable bonds is 8. The highest BCUT2D eigenvalue weighted by Crippen LogP contribution is 2.23. The molecule has 0 radical (unpaired) electrons. The molecule has 0 unspecified atom stereocenters. The van der Waals surface area contributed by atoms with E-state index in [0.717, 1.165) is 51.9 Å². The van der Waals surface area contributed by atoms with Crippen molar-refractivity contribution in [3.63, 3.8) is 0 Å². The van der Waals surface area contributed by atoms with Crippen LogP contribution >= 0.6 is 0 Å². The standard InChI is InChI=1S/C13H26N2O2/c1-2-3-9-17-10-8-15-12-6-4-11(5-7-12)13(14)16/h11-12,15H,2-10H2,1H3,(H2,14,16). The quantitative estimate of drug-likeness (QED) is 0.633. The Hall–Kier alpha value is -0.610. The summed E-state index contributed by atoms with van der Waals surface area (Å²) in [7, 11) is 0. The van der Waals surface area contributed by atoms with Crippen LogP contribution in [-0.2, 0) is 9.53 Å². The summed E-state index contributed by atoms with van der Waals surface area (Å²) >= 11 is 0. The van der Waals surface area contributed by atoms with Crippen LogP contribution in [-0.4, -0.2) is 31.7 Å². The number of nitrogens with one attached hydrogen (secondary N) is 1. The minimum atomic E-state index is -0.133. The number of amides is 1. The molecule has 0 spiro atoms. The first-order valence-corrected chi connectivity index (χ1v) is 6.84. The highest BCUT2D eigenvalue weighted by molar-refractivity contribution is 5.76. The third-order valence-corrected chi connectivity index (χ3v) is 3.45. The summed E-state index contributed by atoms with van der Waals surface area (Å²) < 4.78 is 5.49. The third-order valence-electron chi connectivity index (χ3n) is 3.45. The van der Waals surface area contributed by atoms with E-state index in [-0.39, 0.29) is 11.8 Å². The lowest BCUT2D eigenvalue weighted by atomic mass is 9.85. The summed E-state index contributed by atoms with van der Waals surface area (Å²) in [5.74, 6) is -0.0276. The van der Waals surface area contributed by atoms with Gasteiger partial charge >= 0.3 is 0 Å². The Morgan fingerprint density at radius 2 is 2.00 bits per heavy atom. The molecule has 0 atom stereocenters. The Morgan fingerprint density at radius 1 is 1.29 bits per heavy atom. The second kappa shape index (κ2) is 8.48. The summed E-state index contributed by atoms with van der Waals surface area (Å²) in [6.45, 7) is 4.73. The predicted molar refractivity (Wildman–Crippen MR) is 68.7 cm³/mol. The predicted octanol–water partition coefficient (Wildman–Crippen LogP) is 1.44. The highest BCUT2D eigenvalue weighted by Gasteiger charge is 2.23. The molecule has 0 aromatic carbocycles. The van der Waals surface area contributed by atoms with Gasteiger partial charge < -0.3 is 15.8 Å². The van der Waals surface area contributed by atoms with Gasteiger partial charge in [0.05, 0.1) is 6.61 Å². The van der Waals surface area contributed by atoms with Crippen LogP contribution in [0.5, 0.6) is 0 Å². The fourth-order valence-corrected chi connectivity index (χ4v) is 2.27. The van der Waals surface area contributed by atoms with Crippen LogP contribution in [0.3, 0.4) is 0 Å². The summed E-state index contributed by atoms with van der Waals surface area (Å²) in [5.41, 5.74) is 5.30. The van der Waals surface area contributed by atoms with Gasteiger partial charge in [0.25, 0.3) is 0 Å². The molecule has 100 valence electrons. The average molecular weight is 242 g/mol. The zero-order valence-corrected chi connectivity index (χ0v) is 10.9. The molecule has 0 aromatic rings. The van der Waals surface area contributed by atoms with Crippen LogP contribution in [0.15, 0.2) is 0 Å². The van der Waals surface area contributed by atoms with Gasteiger partial charge in [-0.15, -0.1) is 0 Å². The maximum Gasteiger partial charge on any atom is 0.220 e. The largest absolute Gasteiger partial charge is 0.380 e. The molecule has 1 saturated carbocycles. The minimum absolute atomic E-state index is 0.105.